The van der Waals surface area contributed by atoms with Crippen molar-refractivity contribution in [3.8, 4) is 0 Å². The molecule has 0 unspecified atom stereocenters. The summed E-state index contributed by atoms with van der Waals surface area (Å²) in [6, 6.07) is 4.29. The Labute approximate surface area is 80.3 Å². The van der Waals surface area contributed by atoms with Crippen LogP contribution < -0.4 is 18.9 Å². The van der Waals surface area contributed by atoms with E-state index in [1.165, 1.54) is 4.88 Å². The van der Waals surface area contributed by atoms with Crippen LogP contribution in [0.4, 0.5) is 0 Å². The van der Waals surface area contributed by atoms with Crippen molar-refractivity contribution >= 4 is 11.3 Å². The van der Waals surface area contributed by atoms with Crippen LogP contribution in [-0.2, 0) is 5.41 Å². The first-order valence-corrected chi connectivity index (χ1v) is 4.02. The van der Waals surface area contributed by atoms with Gasteiger partial charge in [-0.2, -0.15) is 0 Å². The Balaban J connectivity index is 0. The summed E-state index contributed by atoms with van der Waals surface area (Å²) >= 11 is 1.83. The molecule has 0 nitrogen and oxygen atoms in total. The Morgan fingerprint density at radius 2 is 2.00 bits per heavy atom. The molecule has 52 valence electrons. The molecular formula is C8H13LiS. The van der Waals surface area contributed by atoms with Crippen LogP contribution in [0.25, 0.3) is 0 Å². The molecule has 1 aromatic heterocycles. The Morgan fingerprint density at radius 1 is 1.40 bits per heavy atom. The van der Waals surface area contributed by atoms with E-state index in [0.29, 0.717) is 5.41 Å². The van der Waals surface area contributed by atoms with Gasteiger partial charge in [0, 0.05) is 4.88 Å². The van der Waals surface area contributed by atoms with Gasteiger partial charge in [-0.25, -0.2) is 0 Å². The van der Waals surface area contributed by atoms with Crippen molar-refractivity contribution in [1.29, 1.82) is 0 Å². The maximum absolute atomic E-state index is 2.23. The molecule has 0 aliphatic rings. The first kappa shape index (κ1) is 10.3. The van der Waals surface area contributed by atoms with Gasteiger partial charge in [0.15, 0.2) is 0 Å². The van der Waals surface area contributed by atoms with E-state index >= 15 is 0 Å². The molecule has 0 bridgehead atoms. The maximum Gasteiger partial charge on any atom is 1.00 e. The minimum absolute atomic E-state index is 0. The normalized spacial score (nSPS) is 10.7. The van der Waals surface area contributed by atoms with E-state index in [2.05, 4.69) is 38.3 Å². The van der Waals surface area contributed by atoms with Gasteiger partial charge >= 0.3 is 18.9 Å². The number of hydrogen-bond donors (Lipinski definition) is 0. The third-order valence-corrected chi connectivity index (χ3v) is 2.56. The molecule has 0 spiro atoms. The summed E-state index contributed by atoms with van der Waals surface area (Å²) in [7, 11) is 0. The fourth-order valence-corrected chi connectivity index (χ4v) is 1.52. The largest absolute Gasteiger partial charge is 1.00 e. The number of hydrogen-bond acceptors (Lipinski definition) is 1. The molecule has 0 aromatic carbocycles. The van der Waals surface area contributed by atoms with Crippen LogP contribution in [0.15, 0.2) is 17.5 Å². The minimum atomic E-state index is 0. The summed E-state index contributed by atoms with van der Waals surface area (Å²) in [6.07, 6.45) is 0. The van der Waals surface area contributed by atoms with Crippen LogP contribution in [0.5, 0.6) is 0 Å². The van der Waals surface area contributed by atoms with Crippen LogP contribution in [0.3, 0.4) is 0 Å². The Kier molecular flexibility index (Phi) is 3.73. The van der Waals surface area contributed by atoms with Crippen LogP contribution in [0, 0.1) is 0 Å². The zero-order valence-electron chi connectivity index (χ0n) is 8.14. The summed E-state index contributed by atoms with van der Waals surface area (Å²) in [5.41, 5.74) is 0.341. The molecule has 2 heteroatoms. The molecule has 1 heterocycles. The van der Waals surface area contributed by atoms with Gasteiger partial charge in [-0.05, 0) is 16.9 Å². The summed E-state index contributed by atoms with van der Waals surface area (Å²) in [4.78, 5) is 1.46. The first-order chi connectivity index (χ1) is 4.11. The summed E-state index contributed by atoms with van der Waals surface area (Å²) in [5.74, 6) is 0. The van der Waals surface area contributed by atoms with Gasteiger partial charge in [-0.3, -0.25) is 0 Å². The fraction of sp³-hybridized carbons (Fsp3) is 0.500. The number of thiophene rings is 1. The van der Waals surface area contributed by atoms with E-state index in [4.69, 9.17) is 0 Å². The zero-order valence-corrected chi connectivity index (χ0v) is 7.96. The van der Waals surface area contributed by atoms with E-state index in [1.54, 1.807) is 0 Å². The van der Waals surface area contributed by atoms with Crippen LogP contribution in [-0.4, -0.2) is 0 Å². The van der Waals surface area contributed by atoms with Gasteiger partial charge in [0.1, 0.15) is 0 Å². The molecule has 1 aromatic rings. The average molecular weight is 148 g/mol. The van der Waals surface area contributed by atoms with Crippen molar-refractivity contribution in [2.45, 2.75) is 26.2 Å². The van der Waals surface area contributed by atoms with Gasteiger partial charge in [0.25, 0.3) is 0 Å². The Morgan fingerprint density at radius 3 is 2.20 bits per heavy atom. The Bertz CT molecular complexity index is 176. The van der Waals surface area contributed by atoms with Gasteiger partial charge in [-0.15, -0.1) is 11.3 Å². The molecule has 0 saturated carbocycles. The van der Waals surface area contributed by atoms with Crippen molar-refractivity contribution < 1.29 is 20.3 Å². The quantitative estimate of drug-likeness (QED) is 0.460. The van der Waals surface area contributed by atoms with E-state index in [0.717, 1.165) is 0 Å². The van der Waals surface area contributed by atoms with Crippen LogP contribution >= 0.6 is 11.3 Å². The van der Waals surface area contributed by atoms with Crippen molar-refractivity contribution in [3.63, 3.8) is 0 Å². The molecule has 0 saturated heterocycles. The standard InChI is InChI=1S/C8H12S.Li.H/c1-8(2,3)7-5-4-6-9-7;;/h4-6H,1-3H3;;/q;+1;-1. The van der Waals surface area contributed by atoms with Crippen LogP contribution in [0.1, 0.15) is 27.1 Å². The van der Waals surface area contributed by atoms with Gasteiger partial charge in [0.2, 0.25) is 0 Å². The molecule has 0 radical (unpaired) electrons. The van der Waals surface area contributed by atoms with Gasteiger partial charge < -0.3 is 1.43 Å². The van der Waals surface area contributed by atoms with E-state index < -0.39 is 0 Å². The predicted octanol–water partition coefficient (Wildman–Crippen LogP) is 0.162. The zero-order chi connectivity index (χ0) is 6.91. The molecule has 10 heavy (non-hydrogen) atoms. The van der Waals surface area contributed by atoms with Crippen molar-refractivity contribution in [2.75, 3.05) is 0 Å². The summed E-state index contributed by atoms with van der Waals surface area (Å²) < 4.78 is 0. The SMILES string of the molecule is CC(C)(C)c1cccs1.[H-].[Li+]. The molecular weight excluding hydrogens is 135 g/mol. The van der Waals surface area contributed by atoms with E-state index in [1.807, 2.05) is 11.3 Å². The fourth-order valence-electron chi connectivity index (χ4n) is 0.705. The van der Waals surface area contributed by atoms with E-state index in [9.17, 15) is 0 Å². The third kappa shape index (κ3) is 2.50. The summed E-state index contributed by atoms with van der Waals surface area (Å²) in [6.45, 7) is 6.70. The average Bonchev–Trinajstić information content (AvgIpc) is 2.08. The molecule has 0 atom stereocenters. The second-order valence-corrected chi connectivity index (χ2v) is 4.17. The maximum atomic E-state index is 2.23. The summed E-state index contributed by atoms with van der Waals surface area (Å²) in [5, 5.41) is 2.13. The minimum Gasteiger partial charge on any atom is -1.00 e. The van der Waals surface area contributed by atoms with Crippen LogP contribution in [0.2, 0.25) is 0 Å². The molecule has 1 rings (SSSR count). The first-order valence-electron chi connectivity index (χ1n) is 3.15. The number of rotatable bonds is 0. The van der Waals surface area contributed by atoms with Crippen molar-refractivity contribution in [3.05, 3.63) is 22.4 Å². The molecule has 0 amide bonds. The molecule has 0 aliphatic heterocycles. The van der Waals surface area contributed by atoms with Gasteiger partial charge in [0.05, 0.1) is 0 Å². The second kappa shape index (κ2) is 3.62. The molecule has 0 fully saturated rings. The molecule has 0 aliphatic carbocycles. The van der Waals surface area contributed by atoms with E-state index in [-0.39, 0.29) is 20.3 Å². The topological polar surface area (TPSA) is 0 Å². The third-order valence-electron chi connectivity index (χ3n) is 1.26. The van der Waals surface area contributed by atoms with Gasteiger partial charge in [-0.1, -0.05) is 26.8 Å². The monoisotopic (exact) mass is 148 g/mol. The molecule has 0 N–H and O–H groups in total. The second-order valence-electron chi connectivity index (χ2n) is 3.23. The van der Waals surface area contributed by atoms with Crippen molar-refractivity contribution in [1.82, 2.24) is 0 Å². The Hall–Kier alpha value is 0.297. The van der Waals surface area contributed by atoms with Crippen molar-refractivity contribution in [2.24, 2.45) is 0 Å². The smallest absolute Gasteiger partial charge is 1.00 e. The predicted molar refractivity (Wildman–Crippen MR) is 44.1 cm³/mol.